The van der Waals surface area contributed by atoms with E-state index in [1.54, 1.807) is 36.4 Å². The van der Waals surface area contributed by atoms with Gasteiger partial charge in [-0.3, -0.25) is 10.1 Å². The second kappa shape index (κ2) is 11.2. The molecule has 3 aromatic rings. The van der Waals surface area contributed by atoms with Crippen LogP contribution in [-0.4, -0.2) is 60.2 Å². The van der Waals surface area contributed by atoms with Crippen molar-refractivity contribution < 1.29 is 9.53 Å². The number of fused-ring (bicyclic) bond motifs is 2. The van der Waals surface area contributed by atoms with Crippen LogP contribution in [0, 0.1) is 11.5 Å². The molecule has 2 N–H and O–H groups in total. The number of guanidine groups is 1. The highest BCUT2D eigenvalue weighted by molar-refractivity contribution is 6.31. The summed E-state index contributed by atoms with van der Waals surface area (Å²) in [6.07, 6.45) is 1.99. The number of nitriles is 1. The lowest BCUT2D eigenvalue weighted by Gasteiger charge is -2.37. The lowest BCUT2D eigenvalue weighted by molar-refractivity contribution is 0.0956. The Morgan fingerprint density at radius 1 is 1.08 bits per heavy atom. The molecule has 0 atom stereocenters. The maximum Gasteiger partial charge on any atom is 0.251 e. The van der Waals surface area contributed by atoms with E-state index in [2.05, 4.69) is 20.5 Å². The second-order valence-corrected chi connectivity index (χ2v) is 9.13. The Kier molecular flexibility index (Phi) is 7.43. The summed E-state index contributed by atoms with van der Waals surface area (Å²) in [6, 6.07) is 20.2. The SMILES string of the molecule is CCNC(=O)c1ccc(N=C(NC#N)N2CCN(C3=Nc4cc(Cl)ccc4Oc4ccccc43)CC2)cc1. The number of amides is 1. The van der Waals surface area contributed by atoms with Crippen LogP contribution in [0.15, 0.2) is 76.7 Å². The van der Waals surface area contributed by atoms with E-state index in [0.29, 0.717) is 66.4 Å². The molecule has 0 unspecified atom stereocenters. The van der Waals surface area contributed by atoms with E-state index in [-0.39, 0.29) is 5.91 Å². The third-order valence-electron chi connectivity index (χ3n) is 6.24. The summed E-state index contributed by atoms with van der Waals surface area (Å²) >= 11 is 6.25. The summed E-state index contributed by atoms with van der Waals surface area (Å²) in [7, 11) is 0. The van der Waals surface area contributed by atoms with Crippen LogP contribution in [0.25, 0.3) is 0 Å². The van der Waals surface area contributed by atoms with Gasteiger partial charge in [0.15, 0.2) is 11.9 Å². The predicted molar refractivity (Wildman–Crippen MR) is 148 cm³/mol. The summed E-state index contributed by atoms with van der Waals surface area (Å²) in [5.74, 6) is 2.53. The van der Waals surface area contributed by atoms with Crippen molar-refractivity contribution in [2.24, 2.45) is 9.98 Å². The fraction of sp³-hybridized carbons (Fsp3) is 0.214. The number of aliphatic imine (C=N–C) groups is 2. The number of hydrogen-bond acceptors (Lipinski definition) is 6. The highest BCUT2D eigenvalue weighted by Crippen LogP contribution is 2.39. The molecule has 9 nitrogen and oxygen atoms in total. The molecule has 3 aromatic carbocycles. The number of halogens is 1. The Bertz CT molecular complexity index is 1440. The number of hydrogen-bond donors (Lipinski definition) is 2. The molecule has 1 saturated heterocycles. The lowest BCUT2D eigenvalue weighted by atomic mass is 10.1. The molecule has 38 heavy (non-hydrogen) atoms. The van der Waals surface area contributed by atoms with Crippen molar-refractivity contribution in [3.63, 3.8) is 0 Å². The zero-order chi connectivity index (χ0) is 26.5. The Morgan fingerprint density at radius 2 is 1.84 bits per heavy atom. The third kappa shape index (κ3) is 5.41. The minimum atomic E-state index is -0.132. The molecule has 0 saturated carbocycles. The van der Waals surface area contributed by atoms with Crippen LogP contribution < -0.4 is 15.4 Å². The zero-order valence-corrected chi connectivity index (χ0v) is 21.6. The molecule has 1 fully saturated rings. The van der Waals surface area contributed by atoms with Gasteiger partial charge in [0, 0.05) is 43.3 Å². The van der Waals surface area contributed by atoms with Gasteiger partial charge in [0.1, 0.15) is 17.3 Å². The molecule has 10 heteroatoms. The molecule has 1 amide bonds. The van der Waals surface area contributed by atoms with Crippen LogP contribution in [0.5, 0.6) is 11.5 Å². The molecule has 5 rings (SSSR count). The van der Waals surface area contributed by atoms with Gasteiger partial charge in [-0.25, -0.2) is 9.98 Å². The van der Waals surface area contributed by atoms with E-state index >= 15 is 0 Å². The van der Waals surface area contributed by atoms with Crippen LogP contribution in [0.3, 0.4) is 0 Å². The molecule has 192 valence electrons. The van der Waals surface area contributed by atoms with Crippen molar-refractivity contribution in [1.82, 2.24) is 20.4 Å². The minimum Gasteiger partial charge on any atom is -0.454 e. The number of nitrogens with one attached hydrogen (secondary N) is 2. The summed E-state index contributed by atoms with van der Waals surface area (Å²) in [4.78, 5) is 25.9. The van der Waals surface area contributed by atoms with E-state index in [9.17, 15) is 10.1 Å². The number of nitrogens with zero attached hydrogens (tertiary/aromatic N) is 5. The van der Waals surface area contributed by atoms with E-state index in [1.807, 2.05) is 48.3 Å². The Balaban J connectivity index is 1.36. The van der Waals surface area contributed by atoms with Gasteiger partial charge in [0.25, 0.3) is 5.91 Å². The fourth-order valence-corrected chi connectivity index (χ4v) is 4.53. The number of amidine groups is 1. The number of benzene rings is 3. The fourth-order valence-electron chi connectivity index (χ4n) is 4.37. The minimum absolute atomic E-state index is 0.132. The van der Waals surface area contributed by atoms with E-state index in [0.717, 1.165) is 17.1 Å². The van der Waals surface area contributed by atoms with Crippen molar-refractivity contribution in [1.29, 1.82) is 5.26 Å². The van der Waals surface area contributed by atoms with Crippen LogP contribution in [0.4, 0.5) is 11.4 Å². The van der Waals surface area contributed by atoms with Crippen LogP contribution in [-0.2, 0) is 0 Å². The summed E-state index contributed by atoms with van der Waals surface area (Å²) in [5.41, 5.74) is 2.79. The molecule has 2 aliphatic heterocycles. The average molecular weight is 528 g/mol. The first-order valence-corrected chi connectivity index (χ1v) is 12.7. The van der Waals surface area contributed by atoms with Crippen molar-refractivity contribution >= 4 is 40.7 Å². The zero-order valence-electron chi connectivity index (χ0n) is 20.8. The van der Waals surface area contributed by atoms with Crippen molar-refractivity contribution in [2.75, 3.05) is 32.7 Å². The number of rotatable bonds is 3. The van der Waals surface area contributed by atoms with Gasteiger partial charge in [-0.2, -0.15) is 5.26 Å². The maximum atomic E-state index is 12.0. The first-order valence-electron chi connectivity index (χ1n) is 12.3. The number of carbonyl (C=O) groups excluding carboxylic acids is 1. The van der Waals surface area contributed by atoms with Crippen molar-refractivity contribution in [3.8, 4) is 17.7 Å². The first kappa shape index (κ1) is 25.1. The Hall–Kier alpha value is -4.55. The molecule has 2 heterocycles. The molecular weight excluding hydrogens is 502 g/mol. The van der Waals surface area contributed by atoms with Crippen molar-refractivity contribution in [3.05, 3.63) is 82.9 Å². The van der Waals surface area contributed by atoms with Gasteiger partial charge in [0.05, 0.1) is 11.3 Å². The van der Waals surface area contributed by atoms with Gasteiger partial charge in [0.2, 0.25) is 5.96 Å². The largest absolute Gasteiger partial charge is 0.454 e. The number of carbonyl (C=O) groups is 1. The number of para-hydroxylation sites is 1. The summed E-state index contributed by atoms with van der Waals surface area (Å²) in [5, 5.41) is 15.4. The monoisotopic (exact) mass is 527 g/mol. The van der Waals surface area contributed by atoms with Crippen LogP contribution >= 0.6 is 11.6 Å². The van der Waals surface area contributed by atoms with Gasteiger partial charge < -0.3 is 19.9 Å². The highest BCUT2D eigenvalue weighted by Gasteiger charge is 2.27. The average Bonchev–Trinajstić information content (AvgIpc) is 3.10. The van der Waals surface area contributed by atoms with Gasteiger partial charge in [-0.1, -0.05) is 23.7 Å². The first-order chi connectivity index (χ1) is 18.6. The maximum absolute atomic E-state index is 12.0. The van der Waals surface area contributed by atoms with E-state index in [4.69, 9.17) is 21.3 Å². The Morgan fingerprint density at radius 3 is 2.58 bits per heavy atom. The summed E-state index contributed by atoms with van der Waals surface area (Å²) in [6.45, 7) is 4.99. The predicted octanol–water partition coefficient (Wildman–Crippen LogP) is 4.65. The normalized spacial score (nSPS) is 14.8. The van der Waals surface area contributed by atoms with Gasteiger partial charge in [-0.15, -0.1) is 0 Å². The molecule has 0 radical (unpaired) electrons. The highest BCUT2D eigenvalue weighted by atomic mass is 35.5. The topological polar surface area (TPSA) is 105 Å². The van der Waals surface area contributed by atoms with Gasteiger partial charge >= 0.3 is 0 Å². The van der Waals surface area contributed by atoms with Crippen LogP contribution in [0.2, 0.25) is 5.02 Å². The molecule has 0 aliphatic carbocycles. The lowest BCUT2D eigenvalue weighted by Crippen LogP contribution is -2.53. The van der Waals surface area contributed by atoms with Gasteiger partial charge in [-0.05, 0) is 61.5 Å². The Labute approximate surface area is 226 Å². The number of ether oxygens (including phenoxy) is 1. The molecule has 0 spiro atoms. The quantitative estimate of drug-likeness (QED) is 0.222. The second-order valence-electron chi connectivity index (χ2n) is 8.70. The molecule has 0 aromatic heterocycles. The molecule has 0 bridgehead atoms. The number of piperazine rings is 1. The smallest absolute Gasteiger partial charge is 0.251 e. The molecule has 2 aliphatic rings. The summed E-state index contributed by atoms with van der Waals surface area (Å²) < 4.78 is 6.17. The van der Waals surface area contributed by atoms with E-state index < -0.39 is 0 Å². The third-order valence-corrected chi connectivity index (χ3v) is 6.48. The van der Waals surface area contributed by atoms with E-state index in [1.165, 1.54) is 0 Å². The van der Waals surface area contributed by atoms with Crippen LogP contribution in [0.1, 0.15) is 22.8 Å². The van der Waals surface area contributed by atoms with Crippen molar-refractivity contribution in [2.45, 2.75) is 6.92 Å². The standard InChI is InChI=1S/C28H26ClN7O2/c1-2-31-27(37)19-7-10-21(11-8-19)33-28(32-18-30)36-15-13-35(14-16-36)26-22-5-3-4-6-24(22)38-25-12-9-20(29)17-23(25)34-26/h3-12,17H,2,13-16H2,1H3,(H,31,37)(H,32,33). The molecular formula is C28H26ClN7O2.